The lowest BCUT2D eigenvalue weighted by molar-refractivity contribution is -0.137. The second kappa shape index (κ2) is 3.24. The predicted molar refractivity (Wildman–Crippen MR) is 47.8 cm³/mol. The lowest BCUT2D eigenvalue weighted by Crippen LogP contribution is -2.05. The normalized spacial score (nSPS) is 21.0. The maximum Gasteiger partial charge on any atom is 0.416 e. The van der Waals surface area contributed by atoms with Crippen molar-refractivity contribution in [2.45, 2.75) is 12.3 Å². The van der Waals surface area contributed by atoms with Crippen molar-refractivity contribution in [3.63, 3.8) is 0 Å². The van der Waals surface area contributed by atoms with Gasteiger partial charge in [-0.2, -0.15) is 13.2 Å². The maximum absolute atomic E-state index is 12.4. The van der Waals surface area contributed by atoms with Crippen LogP contribution in [0.2, 0.25) is 0 Å². The molecule has 1 saturated heterocycles. The van der Waals surface area contributed by atoms with Crippen LogP contribution in [0, 0.1) is 0 Å². The molecule has 2 rings (SSSR count). The summed E-state index contributed by atoms with van der Waals surface area (Å²) in [6.45, 7) is 0.508. The molecule has 5 heteroatoms. The van der Waals surface area contributed by atoms with Crippen LogP contribution in [-0.2, 0) is 10.9 Å². The first-order valence-corrected chi connectivity index (χ1v) is 4.75. The largest absolute Gasteiger partial charge is 0.416 e. The summed E-state index contributed by atoms with van der Waals surface area (Å²) in [4.78, 5) is 0. The van der Waals surface area contributed by atoms with Gasteiger partial charge in [0.2, 0.25) is 0 Å². The Morgan fingerprint density at radius 3 is 2.43 bits per heavy atom. The van der Waals surface area contributed by atoms with Gasteiger partial charge in [0.05, 0.1) is 12.2 Å². The fourth-order valence-electron chi connectivity index (χ4n) is 1.20. The Kier molecular flexibility index (Phi) is 2.31. The molecule has 1 aliphatic heterocycles. The minimum Gasteiger partial charge on any atom is -0.368 e. The van der Waals surface area contributed by atoms with Gasteiger partial charge in [-0.1, -0.05) is 15.9 Å². The molecule has 0 saturated carbocycles. The van der Waals surface area contributed by atoms with Crippen molar-refractivity contribution in [1.82, 2.24) is 0 Å². The summed E-state index contributed by atoms with van der Waals surface area (Å²) in [5.74, 6) is 0. The van der Waals surface area contributed by atoms with E-state index in [1.165, 1.54) is 0 Å². The van der Waals surface area contributed by atoms with Crippen LogP contribution < -0.4 is 0 Å². The molecule has 0 amide bonds. The molecule has 1 aromatic rings. The average molecular weight is 267 g/mol. The first-order chi connectivity index (χ1) is 6.47. The fourth-order valence-corrected chi connectivity index (χ4v) is 1.71. The summed E-state index contributed by atoms with van der Waals surface area (Å²) < 4.78 is 42.5. The van der Waals surface area contributed by atoms with Crippen molar-refractivity contribution in [1.29, 1.82) is 0 Å². The van der Waals surface area contributed by atoms with Crippen LogP contribution in [0.5, 0.6) is 0 Å². The van der Waals surface area contributed by atoms with E-state index >= 15 is 0 Å². The summed E-state index contributed by atoms with van der Waals surface area (Å²) in [6, 6.07) is 3.83. The Bertz CT molecular complexity index is 358. The molecule has 0 aliphatic carbocycles. The van der Waals surface area contributed by atoms with E-state index in [2.05, 4.69) is 15.9 Å². The van der Waals surface area contributed by atoms with E-state index in [9.17, 15) is 13.2 Å². The van der Waals surface area contributed by atoms with Gasteiger partial charge < -0.3 is 4.74 Å². The highest BCUT2D eigenvalue weighted by molar-refractivity contribution is 9.10. The second-order valence-corrected chi connectivity index (χ2v) is 4.01. The van der Waals surface area contributed by atoms with E-state index in [1.54, 1.807) is 6.07 Å². The minimum absolute atomic E-state index is 0.159. The number of benzene rings is 1. The van der Waals surface area contributed by atoms with Gasteiger partial charge in [-0.25, -0.2) is 0 Å². The first-order valence-electron chi connectivity index (χ1n) is 3.96. The molecule has 0 spiro atoms. The molecular formula is C9H6BrF3O. The third-order valence-corrected chi connectivity index (χ3v) is 2.41. The SMILES string of the molecule is FC(F)(F)c1cc(Br)cc([C@H]2CO2)c1. The van der Waals surface area contributed by atoms with Gasteiger partial charge in [-0.15, -0.1) is 0 Å². The second-order valence-electron chi connectivity index (χ2n) is 3.09. The monoisotopic (exact) mass is 266 g/mol. The minimum atomic E-state index is -4.30. The smallest absolute Gasteiger partial charge is 0.368 e. The van der Waals surface area contributed by atoms with Crippen LogP contribution in [0.3, 0.4) is 0 Å². The number of hydrogen-bond acceptors (Lipinski definition) is 1. The fraction of sp³-hybridized carbons (Fsp3) is 0.333. The van der Waals surface area contributed by atoms with Gasteiger partial charge in [0.25, 0.3) is 0 Å². The van der Waals surface area contributed by atoms with Crippen LogP contribution in [0.15, 0.2) is 22.7 Å². The standard InChI is InChI=1S/C9H6BrF3O/c10-7-2-5(8-4-14-8)1-6(3-7)9(11,12)13/h1-3,8H,4H2/t8-/m1/s1. The Morgan fingerprint density at radius 2 is 1.93 bits per heavy atom. The summed E-state index contributed by atoms with van der Waals surface area (Å²) in [7, 11) is 0. The quantitative estimate of drug-likeness (QED) is 0.709. The Hall–Kier alpha value is -0.550. The first kappa shape index (κ1) is 9.98. The average Bonchev–Trinajstić information content (AvgIpc) is 2.83. The van der Waals surface area contributed by atoms with E-state index in [0.717, 1.165) is 12.1 Å². The van der Waals surface area contributed by atoms with Crippen molar-refractivity contribution in [2.24, 2.45) is 0 Å². The van der Waals surface area contributed by atoms with Crippen molar-refractivity contribution < 1.29 is 17.9 Å². The molecule has 1 heterocycles. The van der Waals surface area contributed by atoms with E-state index < -0.39 is 11.7 Å². The molecule has 1 nitrogen and oxygen atoms in total. The summed E-state index contributed by atoms with van der Waals surface area (Å²) in [6.07, 6.45) is -4.46. The number of alkyl halides is 3. The van der Waals surface area contributed by atoms with Gasteiger partial charge >= 0.3 is 6.18 Å². The van der Waals surface area contributed by atoms with Gasteiger partial charge in [0.1, 0.15) is 6.10 Å². The Morgan fingerprint density at radius 1 is 1.29 bits per heavy atom. The van der Waals surface area contributed by atoms with Crippen LogP contribution >= 0.6 is 15.9 Å². The molecule has 0 aromatic heterocycles. The predicted octanol–water partition coefficient (Wildman–Crippen LogP) is 3.54. The highest BCUT2D eigenvalue weighted by Gasteiger charge is 2.33. The van der Waals surface area contributed by atoms with Crippen LogP contribution in [0.1, 0.15) is 17.2 Å². The van der Waals surface area contributed by atoms with Crippen molar-refractivity contribution in [3.05, 3.63) is 33.8 Å². The van der Waals surface area contributed by atoms with Gasteiger partial charge in [0, 0.05) is 4.47 Å². The lowest BCUT2D eigenvalue weighted by Gasteiger charge is -2.08. The van der Waals surface area contributed by atoms with Crippen LogP contribution in [0.25, 0.3) is 0 Å². The molecule has 1 aromatic carbocycles. The van der Waals surface area contributed by atoms with E-state index in [4.69, 9.17) is 4.74 Å². The number of halogens is 4. The molecular weight excluding hydrogens is 261 g/mol. The van der Waals surface area contributed by atoms with Crippen molar-refractivity contribution in [3.8, 4) is 0 Å². The van der Waals surface area contributed by atoms with Gasteiger partial charge in [-0.05, 0) is 23.8 Å². The van der Waals surface area contributed by atoms with Crippen molar-refractivity contribution >= 4 is 15.9 Å². The number of hydrogen-bond donors (Lipinski definition) is 0. The molecule has 0 unspecified atom stereocenters. The third-order valence-electron chi connectivity index (χ3n) is 1.95. The number of ether oxygens (including phenoxy) is 1. The lowest BCUT2D eigenvalue weighted by atomic mass is 10.1. The number of epoxide rings is 1. The van der Waals surface area contributed by atoms with E-state index in [1.807, 2.05) is 0 Å². The van der Waals surface area contributed by atoms with E-state index in [0.29, 0.717) is 16.6 Å². The van der Waals surface area contributed by atoms with Crippen LogP contribution in [0.4, 0.5) is 13.2 Å². The summed E-state index contributed by atoms with van der Waals surface area (Å²) >= 11 is 3.05. The van der Waals surface area contributed by atoms with Gasteiger partial charge in [0.15, 0.2) is 0 Å². The Labute approximate surface area is 87.0 Å². The van der Waals surface area contributed by atoms with E-state index in [-0.39, 0.29) is 6.10 Å². The zero-order valence-electron chi connectivity index (χ0n) is 6.94. The highest BCUT2D eigenvalue weighted by atomic mass is 79.9. The summed E-state index contributed by atoms with van der Waals surface area (Å²) in [5, 5.41) is 0. The molecule has 1 aliphatic rings. The topological polar surface area (TPSA) is 12.5 Å². The zero-order valence-corrected chi connectivity index (χ0v) is 8.52. The highest BCUT2D eigenvalue weighted by Crippen LogP contribution is 2.37. The molecule has 14 heavy (non-hydrogen) atoms. The van der Waals surface area contributed by atoms with Crippen LogP contribution in [-0.4, -0.2) is 6.61 Å². The molecule has 0 bridgehead atoms. The molecule has 1 fully saturated rings. The third kappa shape index (κ3) is 2.09. The molecule has 1 atom stereocenters. The maximum atomic E-state index is 12.4. The number of rotatable bonds is 1. The molecule has 0 N–H and O–H groups in total. The van der Waals surface area contributed by atoms with Crippen molar-refractivity contribution in [2.75, 3.05) is 6.61 Å². The Balaban J connectivity index is 2.41. The summed E-state index contributed by atoms with van der Waals surface area (Å²) in [5.41, 5.74) is -0.0657. The molecule has 76 valence electrons. The van der Waals surface area contributed by atoms with Gasteiger partial charge in [-0.3, -0.25) is 0 Å². The zero-order chi connectivity index (χ0) is 10.3. The molecule has 0 radical (unpaired) electrons.